The van der Waals surface area contributed by atoms with Crippen LogP contribution in [0, 0.1) is 0 Å². The number of nitrogens with zero attached hydrogens (tertiary/aromatic N) is 4. The van der Waals surface area contributed by atoms with Crippen molar-refractivity contribution in [1.82, 2.24) is 19.6 Å². The molecule has 0 radical (unpaired) electrons. The zero-order valence-electron chi connectivity index (χ0n) is 20.3. The normalized spacial score (nSPS) is 36.2. The molecular weight excluding hydrogens is 344 g/mol. The highest BCUT2D eigenvalue weighted by molar-refractivity contribution is 5.16. The molecule has 4 nitrogen and oxygen atoms in total. The van der Waals surface area contributed by atoms with Crippen molar-refractivity contribution in [3.63, 3.8) is 0 Å². The first-order valence-corrected chi connectivity index (χ1v) is 11.7. The molecule has 4 atom stereocenters. The first kappa shape index (κ1) is 21.1. The Morgan fingerprint density at radius 2 is 0.679 bits per heavy atom. The molecule has 4 aliphatic rings. The summed E-state index contributed by atoms with van der Waals surface area (Å²) in [4.78, 5) is 11.3. The fourth-order valence-electron chi connectivity index (χ4n) is 7.05. The number of hydrogen-bond acceptors (Lipinski definition) is 4. The van der Waals surface area contributed by atoms with E-state index < -0.39 is 0 Å². The van der Waals surface area contributed by atoms with Crippen molar-refractivity contribution in [2.45, 2.75) is 128 Å². The lowest BCUT2D eigenvalue weighted by molar-refractivity contribution is -0.0870. The minimum absolute atomic E-state index is 0.188. The number of hydrogen-bond donors (Lipinski definition) is 0. The molecule has 4 bridgehead atoms. The summed E-state index contributed by atoms with van der Waals surface area (Å²) in [6.45, 7) is 29.4. The van der Waals surface area contributed by atoms with Gasteiger partial charge in [0.1, 0.15) is 0 Å². The molecule has 0 saturated carbocycles. The second-order valence-electron chi connectivity index (χ2n) is 13.2. The number of rotatable bonds is 3. The Kier molecular flexibility index (Phi) is 4.66. The van der Waals surface area contributed by atoms with Crippen LogP contribution in [0.2, 0.25) is 0 Å². The van der Waals surface area contributed by atoms with E-state index in [0.29, 0.717) is 11.1 Å². The molecule has 0 spiro atoms. The Balaban J connectivity index is 1.49. The predicted molar refractivity (Wildman–Crippen MR) is 119 cm³/mol. The van der Waals surface area contributed by atoms with E-state index in [-0.39, 0.29) is 11.1 Å². The molecule has 0 N–H and O–H groups in total. The number of likely N-dealkylation sites (tertiary alicyclic amines) is 4. The van der Waals surface area contributed by atoms with Gasteiger partial charge in [0.2, 0.25) is 0 Å². The predicted octanol–water partition coefficient (Wildman–Crippen LogP) is 3.66. The molecule has 0 unspecified atom stereocenters. The highest BCUT2D eigenvalue weighted by Crippen LogP contribution is 2.47. The first-order valence-electron chi connectivity index (χ1n) is 11.7. The van der Waals surface area contributed by atoms with Gasteiger partial charge in [-0.05, 0) is 82.1 Å². The van der Waals surface area contributed by atoms with Crippen LogP contribution in [-0.4, -0.2) is 92.1 Å². The van der Waals surface area contributed by atoms with Crippen LogP contribution in [0.5, 0.6) is 0 Å². The van der Waals surface area contributed by atoms with Crippen LogP contribution in [0.1, 0.15) is 82.1 Å². The van der Waals surface area contributed by atoms with Gasteiger partial charge in [-0.2, -0.15) is 0 Å². The maximum atomic E-state index is 2.88. The largest absolute Gasteiger partial charge is 0.293 e. The van der Waals surface area contributed by atoms with Crippen molar-refractivity contribution in [3.8, 4) is 0 Å². The maximum Gasteiger partial charge on any atom is 0.0335 e. The van der Waals surface area contributed by atoms with Crippen LogP contribution in [0.25, 0.3) is 0 Å². The zero-order valence-corrected chi connectivity index (χ0v) is 20.3. The first-order chi connectivity index (χ1) is 12.6. The Morgan fingerprint density at radius 3 is 0.893 bits per heavy atom. The van der Waals surface area contributed by atoms with Crippen LogP contribution in [0.3, 0.4) is 0 Å². The lowest BCUT2D eigenvalue weighted by atomic mass is 9.78. The molecule has 4 rings (SSSR count). The topological polar surface area (TPSA) is 13.0 Å². The molecule has 4 saturated heterocycles. The van der Waals surface area contributed by atoms with Gasteiger partial charge in [-0.25, -0.2) is 0 Å². The molecule has 0 aromatic rings. The van der Waals surface area contributed by atoms with Crippen molar-refractivity contribution in [1.29, 1.82) is 0 Å². The molecule has 0 amide bonds. The molecular formula is C24H46N4. The zero-order chi connectivity index (χ0) is 20.9. The molecule has 28 heavy (non-hydrogen) atoms. The van der Waals surface area contributed by atoms with Crippen molar-refractivity contribution in [2.75, 3.05) is 26.2 Å². The molecule has 4 fully saturated rings. The van der Waals surface area contributed by atoms with E-state index >= 15 is 0 Å². The average molecular weight is 391 g/mol. The lowest BCUT2D eigenvalue weighted by Crippen LogP contribution is -2.71. The van der Waals surface area contributed by atoms with E-state index in [1.54, 1.807) is 0 Å². The summed E-state index contributed by atoms with van der Waals surface area (Å²) in [6.07, 6.45) is 2.72. The summed E-state index contributed by atoms with van der Waals surface area (Å²) in [7, 11) is 0. The number of piperazine rings is 2. The van der Waals surface area contributed by atoms with Crippen molar-refractivity contribution < 1.29 is 0 Å². The second-order valence-corrected chi connectivity index (χ2v) is 13.2. The monoisotopic (exact) mass is 390 g/mol. The van der Waals surface area contributed by atoms with Crippen LogP contribution in [0.15, 0.2) is 0 Å². The van der Waals surface area contributed by atoms with E-state index in [1.165, 1.54) is 39.0 Å². The van der Waals surface area contributed by atoms with E-state index in [4.69, 9.17) is 0 Å². The van der Waals surface area contributed by atoms with E-state index in [0.717, 1.165) is 24.2 Å². The van der Waals surface area contributed by atoms with Gasteiger partial charge < -0.3 is 0 Å². The molecule has 0 aromatic heterocycles. The van der Waals surface area contributed by atoms with Gasteiger partial charge in [-0.3, -0.25) is 19.6 Å². The van der Waals surface area contributed by atoms with E-state index in [1.807, 2.05) is 0 Å². The standard InChI is InChI=1S/C24H46N4/c1-21(2,3)25-13-19-11-17(25)15-27(19)23(7,8)24(9,10)28-16-18-12-20(28)14-26(18)22(4,5)6/h17-20H,11-16H2,1-10H3/t17-,18+,19-,20+. The SMILES string of the molecule is CC(C)(C)N1C[C@H]2C[C@@H]1CN2C(C)(C)C(C)(C)N1C[C@@H]2C[C@H]1CN2C(C)(C)C. The Labute approximate surface area is 174 Å². The maximum absolute atomic E-state index is 2.88. The Hall–Kier alpha value is -0.160. The highest BCUT2D eigenvalue weighted by Gasteiger charge is 2.59. The molecule has 4 aliphatic heterocycles. The lowest BCUT2D eigenvalue weighted by Gasteiger charge is -2.58. The third kappa shape index (κ3) is 3.01. The Morgan fingerprint density at radius 1 is 0.429 bits per heavy atom. The van der Waals surface area contributed by atoms with Crippen LogP contribution >= 0.6 is 0 Å². The van der Waals surface area contributed by atoms with Crippen LogP contribution in [-0.2, 0) is 0 Å². The summed E-state index contributed by atoms with van der Waals surface area (Å²) in [5.41, 5.74) is 0.978. The third-order valence-corrected chi connectivity index (χ3v) is 9.14. The molecule has 4 heterocycles. The van der Waals surface area contributed by atoms with Gasteiger partial charge in [-0.1, -0.05) is 0 Å². The minimum atomic E-state index is 0.188. The number of fused-ring (bicyclic) bond motifs is 4. The summed E-state index contributed by atoms with van der Waals surface area (Å²) in [5.74, 6) is 0. The Bertz CT molecular complexity index is 557. The van der Waals surface area contributed by atoms with Gasteiger partial charge in [0, 0.05) is 72.5 Å². The van der Waals surface area contributed by atoms with Gasteiger partial charge in [0.05, 0.1) is 0 Å². The third-order valence-electron chi connectivity index (χ3n) is 9.14. The summed E-state index contributed by atoms with van der Waals surface area (Å²) >= 11 is 0. The summed E-state index contributed by atoms with van der Waals surface area (Å²) in [6, 6.07) is 2.94. The second kappa shape index (κ2) is 6.18. The molecule has 0 aromatic carbocycles. The van der Waals surface area contributed by atoms with E-state index in [2.05, 4.69) is 88.8 Å². The fraction of sp³-hybridized carbons (Fsp3) is 1.00. The van der Waals surface area contributed by atoms with Crippen LogP contribution in [0.4, 0.5) is 0 Å². The average Bonchev–Trinajstić information content (AvgIpc) is 3.30. The molecule has 162 valence electrons. The summed E-state index contributed by atoms with van der Waals surface area (Å²) in [5, 5.41) is 0. The smallest absolute Gasteiger partial charge is 0.0335 e. The summed E-state index contributed by atoms with van der Waals surface area (Å²) < 4.78 is 0. The van der Waals surface area contributed by atoms with Crippen molar-refractivity contribution in [2.24, 2.45) is 0 Å². The van der Waals surface area contributed by atoms with Crippen LogP contribution < -0.4 is 0 Å². The molecule has 0 aliphatic carbocycles. The van der Waals surface area contributed by atoms with Gasteiger partial charge in [0.15, 0.2) is 0 Å². The highest BCUT2D eigenvalue weighted by atomic mass is 15.4. The molecule has 4 heteroatoms. The van der Waals surface area contributed by atoms with Gasteiger partial charge in [0.25, 0.3) is 0 Å². The van der Waals surface area contributed by atoms with Crippen molar-refractivity contribution in [3.05, 3.63) is 0 Å². The fourth-order valence-corrected chi connectivity index (χ4v) is 7.05. The quantitative estimate of drug-likeness (QED) is 0.729. The minimum Gasteiger partial charge on any atom is -0.293 e. The van der Waals surface area contributed by atoms with Gasteiger partial charge in [-0.15, -0.1) is 0 Å². The van der Waals surface area contributed by atoms with Gasteiger partial charge >= 0.3 is 0 Å². The van der Waals surface area contributed by atoms with Crippen molar-refractivity contribution >= 4 is 0 Å². The van der Waals surface area contributed by atoms with E-state index in [9.17, 15) is 0 Å².